The average molecular weight is 377 g/mol. The lowest BCUT2D eigenvalue weighted by atomic mass is 10.2. The molecule has 0 fully saturated rings. The van der Waals surface area contributed by atoms with Crippen LogP contribution < -0.4 is 10.6 Å². The van der Waals surface area contributed by atoms with Crippen LogP contribution in [-0.4, -0.2) is 23.6 Å². The standard InChI is InChI=1S/C18H17ClN2O3S/c1-2-10-24-17(23)12-6-8-15(9-7-12)20-18(25)21-16(22)13-4-3-5-14(19)11-13/h3-9,11H,2,10H2,1H3,(H2,20,21,22,25). The van der Waals surface area contributed by atoms with E-state index in [2.05, 4.69) is 10.6 Å². The molecule has 0 atom stereocenters. The summed E-state index contributed by atoms with van der Waals surface area (Å²) in [5.74, 6) is -0.731. The molecule has 0 spiro atoms. The fourth-order valence-corrected chi connectivity index (χ4v) is 2.34. The first-order chi connectivity index (χ1) is 12.0. The summed E-state index contributed by atoms with van der Waals surface area (Å²) in [5.41, 5.74) is 1.50. The second kappa shape index (κ2) is 9.15. The van der Waals surface area contributed by atoms with Gasteiger partial charge in [0.15, 0.2) is 5.11 Å². The Hall–Kier alpha value is -2.44. The Morgan fingerprint density at radius 2 is 1.84 bits per heavy atom. The van der Waals surface area contributed by atoms with Gasteiger partial charge < -0.3 is 10.1 Å². The lowest BCUT2D eigenvalue weighted by molar-refractivity contribution is 0.0505. The molecule has 25 heavy (non-hydrogen) atoms. The number of hydrogen-bond acceptors (Lipinski definition) is 4. The Kier molecular flexibility index (Phi) is 6.91. The average Bonchev–Trinajstić information content (AvgIpc) is 2.60. The molecule has 2 rings (SSSR count). The monoisotopic (exact) mass is 376 g/mol. The number of benzene rings is 2. The minimum Gasteiger partial charge on any atom is -0.462 e. The zero-order valence-corrected chi connectivity index (χ0v) is 15.1. The van der Waals surface area contributed by atoms with Gasteiger partial charge in [0.2, 0.25) is 0 Å². The van der Waals surface area contributed by atoms with Crippen LogP contribution in [0.3, 0.4) is 0 Å². The predicted molar refractivity (Wildman–Crippen MR) is 102 cm³/mol. The van der Waals surface area contributed by atoms with Gasteiger partial charge in [-0.05, 0) is 61.1 Å². The smallest absolute Gasteiger partial charge is 0.338 e. The number of rotatable bonds is 5. The largest absolute Gasteiger partial charge is 0.462 e. The summed E-state index contributed by atoms with van der Waals surface area (Å²) in [6.45, 7) is 2.32. The number of halogens is 1. The highest BCUT2D eigenvalue weighted by Gasteiger charge is 2.09. The van der Waals surface area contributed by atoms with Crippen molar-refractivity contribution >= 4 is 46.5 Å². The number of carbonyl (C=O) groups excluding carboxylic acids is 2. The molecule has 0 unspecified atom stereocenters. The minimum absolute atomic E-state index is 0.145. The van der Waals surface area contributed by atoms with Crippen LogP contribution in [0.25, 0.3) is 0 Å². The molecule has 0 radical (unpaired) electrons. The van der Waals surface area contributed by atoms with Gasteiger partial charge in [-0.2, -0.15) is 0 Å². The highest BCUT2D eigenvalue weighted by molar-refractivity contribution is 7.80. The summed E-state index contributed by atoms with van der Waals surface area (Å²) in [6, 6.07) is 13.2. The molecule has 0 aliphatic heterocycles. The summed E-state index contributed by atoms with van der Waals surface area (Å²) < 4.78 is 5.06. The molecule has 1 amide bonds. The molecule has 7 heteroatoms. The highest BCUT2D eigenvalue weighted by atomic mass is 35.5. The van der Waals surface area contributed by atoms with Crippen molar-refractivity contribution in [2.24, 2.45) is 0 Å². The number of carbonyl (C=O) groups is 2. The number of anilines is 1. The predicted octanol–water partition coefficient (Wildman–Crippen LogP) is 4.03. The molecule has 2 aromatic rings. The van der Waals surface area contributed by atoms with E-state index in [9.17, 15) is 9.59 Å². The SMILES string of the molecule is CCCOC(=O)c1ccc(NC(=S)NC(=O)c2cccc(Cl)c2)cc1. The van der Waals surface area contributed by atoms with E-state index in [1.807, 2.05) is 6.92 Å². The van der Waals surface area contributed by atoms with Gasteiger partial charge in [0, 0.05) is 16.3 Å². The number of thiocarbonyl (C=S) groups is 1. The molecule has 0 aromatic heterocycles. The maximum atomic E-state index is 12.1. The third kappa shape index (κ3) is 5.85. The second-order valence-electron chi connectivity index (χ2n) is 5.13. The number of amides is 1. The molecule has 0 aliphatic rings. The number of nitrogens with one attached hydrogen (secondary N) is 2. The van der Waals surface area contributed by atoms with Crippen molar-refractivity contribution in [1.82, 2.24) is 5.32 Å². The van der Waals surface area contributed by atoms with Gasteiger partial charge in [-0.1, -0.05) is 24.6 Å². The van der Waals surface area contributed by atoms with Gasteiger partial charge >= 0.3 is 5.97 Å². The topological polar surface area (TPSA) is 67.4 Å². The van der Waals surface area contributed by atoms with Crippen molar-refractivity contribution < 1.29 is 14.3 Å². The maximum Gasteiger partial charge on any atom is 0.338 e. The number of esters is 1. The van der Waals surface area contributed by atoms with Crippen molar-refractivity contribution in [3.05, 3.63) is 64.7 Å². The first-order valence-corrected chi connectivity index (χ1v) is 8.43. The molecule has 2 aromatic carbocycles. The maximum absolute atomic E-state index is 12.1. The molecule has 0 bridgehead atoms. The molecule has 0 heterocycles. The summed E-state index contributed by atoms with van der Waals surface area (Å²) in [6.07, 6.45) is 0.770. The van der Waals surface area contributed by atoms with Crippen LogP contribution in [0.15, 0.2) is 48.5 Å². The lowest BCUT2D eigenvalue weighted by Gasteiger charge is -2.10. The second-order valence-corrected chi connectivity index (χ2v) is 5.98. The van der Waals surface area contributed by atoms with Crippen LogP contribution in [0.5, 0.6) is 0 Å². The molecule has 5 nitrogen and oxygen atoms in total. The van der Waals surface area contributed by atoms with Gasteiger partial charge in [0.1, 0.15) is 0 Å². The normalized spacial score (nSPS) is 10.0. The third-order valence-electron chi connectivity index (χ3n) is 3.13. The highest BCUT2D eigenvalue weighted by Crippen LogP contribution is 2.12. The summed E-state index contributed by atoms with van der Waals surface area (Å²) in [5, 5.41) is 6.06. The first kappa shape index (κ1) is 18.9. The molecule has 2 N–H and O–H groups in total. The van der Waals surface area contributed by atoms with Gasteiger partial charge in [0.25, 0.3) is 5.91 Å². The van der Waals surface area contributed by atoms with Crippen molar-refractivity contribution in [3.8, 4) is 0 Å². The van der Waals surface area contributed by atoms with E-state index in [4.69, 9.17) is 28.6 Å². The van der Waals surface area contributed by atoms with Crippen molar-refractivity contribution in [2.45, 2.75) is 13.3 Å². The molecule has 0 saturated heterocycles. The fraction of sp³-hybridized carbons (Fsp3) is 0.167. The zero-order chi connectivity index (χ0) is 18.2. The van der Waals surface area contributed by atoms with Crippen LogP contribution in [0.4, 0.5) is 5.69 Å². The molecular formula is C18H17ClN2O3S. The molecule has 0 aliphatic carbocycles. The summed E-state index contributed by atoms with van der Waals surface area (Å²) in [7, 11) is 0. The molecule has 130 valence electrons. The van der Waals surface area contributed by atoms with Crippen molar-refractivity contribution in [1.29, 1.82) is 0 Å². The fourth-order valence-electron chi connectivity index (χ4n) is 1.94. The zero-order valence-electron chi connectivity index (χ0n) is 13.5. The number of ether oxygens (including phenoxy) is 1. The van der Waals surface area contributed by atoms with E-state index >= 15 is 0 Å². The Morgan fingerprint density at radius 3 is 2.48 bits per heavy atom. The van der Waals surface area contributed by atoms with E-state index in [0.29, 0.717) is 28.4 Å². The van der Waals surface area contributed by atoms with Crippen molar-refractivity contribution in [3.63, 3.8) is 0 Å². The van der Waals surface area contributed by atoms with Crippen LogP contribution in [0.1, 0.15) is 34.1 Å². The van der Waals surface area contributed by atoms with Crippen LogP contribution in [0.2, 0.25) is 5.02 Å². The van der Waals surface area contributed by atoms with Crippen molar-refractivity contribution in [2.75, 3.05) is 11.9 Å². The Labute approximate surface area is 156 Å². The van der Waals surface area contributed by atoms with Gasteiger partial charge in [0.05, 0.1) is 12.2 Å². The minimum atomic E-state index is -0.370. The summed E-state index contributed by atoms with van der Waals surface area (Å²) in [4.78, 5) is 23.8. The van der Waals surface area contributed by atoms with Crippen LogP contribution in [0, 0.1) is 0 Å². The van der Waals surface area contributed by atoms with Gasteiger partial charge in [-0.15, -0.1) is 0 Å². The Bertz CT molecular complexity index is 778. The van der Waals surface area contributed by atoms with Gasteiger partial charge in [-0.25, -0.2) is 4.79 Å². The van der Waals surface area contributed by atoms with E-state index in [-0.39, 0.29) is 17.0 Å². The molecule has 0 saturated carbocycles. The van der Waals surface area contributed by atoms with Crippen LogP contribution in [-0.2, 0) is 4.74 Å². The van der Waals surface area contributed by atoms with E-state index in [1.165, 1.54) is 0 Å². The lowest BCUT2D eigenvalue weighted by Crippen LogP contribution is -2.34. The van der Waals surface area contributed by atoms with E-state index < -0.39 is 0 Å². The van der Waals surface area contributed by atoms with E-state index in [0.717, 1.165) is 6.42 Å². The molecular weight excluding hydrogens is 360 g/mol. The third-order valence-corrected chi connectivity index (χ3v) is 3.57. The first-order valence-electron chi connectivity index (χ1n) is 7.64. The Morgan fingerprint density at radius 1 is 1.12 bits per heavy atom. The van der Waals surface area contributed by atoms with Gasteiger partial charge in [-0.3, -0.25) is 10.1 Å². The van der Waals surface area contributed by atoms with Crippen LogP contribution >= 0.6 is 23.8 Å². The number of hydrogen-bond donors (Lipinski definition) is 2. The van der Waals surface area contributed by atoms with E-state index in [1.54, 1.807) is 48.5 Å². The Balaban J connectivity index is 1.92. The summed E-state index contributed by atoms with van der Waals surface area (Å²) >= 11 is 11.0. The quantitative estimate of drug-likeness (QED) is 0.609.